The molecule has 0 saturated heterocycles. The zero-order chi connectivity index (χ0) is 19.2. The molecule has 142 valence electrons. The predicted octanol–water partition coefficient (Wildman–Crippen LogP) is 2.47. The summed E-state index contributed by atoms with van der Waals surface area (Å²) in [7, 11) is 1.42. The van der Waals surface area contributed by atoms with Crippen LogP contribution in [0.3, 0.4) is 0 Å². The molecule has 1 aromatic heterocycles. The summed E-state index contributed by atoms with van der Waals surface area (Å²) in [5.74, 6) is 1.05. The Balaban J connectivity index is 1.89. The highest BCUT2D eigenvalue weighted by atomic mass is 32.2. The molecule has 0 saturated carbocycles. The van der Waals surface area contributed by atoms with Crippen molar-refractivity contribution in [2.45, 2.75) is 23.6 Å². The number of thiophene rings is 1. The van der Waals surface area contributed by atoms with E-state index in [2.05, 4.69) is 34.7 Å². The number of benzene rings is 1. The second-order valence-corrected chi connectivity index (χ2v) is 9.67. The molecule has 0 aliphatic rings. The smallest absolute Gasteiger partial charge is 0.252 e. The Morgan fingerprint density at radius 3 is 2.46 bits per heavy atom. The lowest BCUT2D eigenvalue weighted by Gasteiger charge is -2.16. The zero-order valence-corrected chi connectivity index (χ0v) is 17.2. The molecule has 1 heterocycles. The lowest BCUT2D eigenvalue weighted by Crippen LogP contribution is -2.38. The van der Waals surface area contributed by atoms with Crippen LogP contribution >= 0.6 is 11.3 Å². The third-order valence-corrected chi connectivity index (χ3v) is 7.34. The third kappa shape index (κ3) is 5.30. The van der Waals surface area contributed by atoms with Gasteiger partial charge in [0.25, 0.3) is 10.0 Å². The summed E-state index contributed by atoms with van der Waals surface area (Å²) in [5, 5.41) is 6.54. The second kappa shape index (κ2) is 9.16. The maximum atomic E-state index is 12.1. The largest absolute Gasteiger partial charge is 0.356 e. The van der Waals surface area contributed by atoms with Gasteiger partial charge in [-0.3, -0.25) is 4.99 Å². The second-order valence-electron chi connectivity index (χ2n) is 6.13. The lowest BCUT2D eigenvalue weighted by atomic mass is 10.0. The highest BCUT2D eigenvalue weighted by molar-refractivity contribution is 7.91. The van der Waals surface area contributed by atoms with Crippen molar-refractivity contribution in [3.8, 4) is 0 Å². The Kier molecular flexibility index (Phi) is 7.19. The van der Waals surface area contributed by atoms with Crippen LogP contribution in [0, 0.1) is 0 Å². The molecule has 1 atom stereocenters. The highest BCUT2D eigenvalue weighted by Gasteiger charge is 2.19. The van der Waals surface area contributed by atoms with Crippen LogP contribution in [0.5, 0.6) is 0 Å². The predicted molar refractivity (Wildman–Crippen MR) is 108 cm³/mol. The molecule has 2 rings (SSSR count). The Hall–Kier alpha value is -1.90. The number of rotatable bonds is 7. The van der Waals surface area contributed by atoms with Gasteiger partial charge < -0.3 is 10.6 Å². The summed E-state index contributed by atoms with van der Waals surface area (Å²) in [6, 6.07) is 13.8. The van der Waals surface area contributed by atoms with Gasteiger partial charge in [-0.1, -0.05) is 37.3 Å². The first kappa shape index (κ1) is 20.4. The number of nitrogens with one attached hydrogen (secondary N) is 2. The van der Waals surface area contributed by atoms with Gasteiger partial charge in [-0.05, 0) is 23.6 Å². The van der Waals surface area contributed by atoms with Crippen LogP contribution in [0.1, 0.15) is 23.3 Å². The molecular weight excluding hydrogens is 368 g/mol. The van der Waals surface area contributed by atoms with E-state index >= 15 is 0 Å². The van der Waals surface area contributed by atoms with Gasteiger partial charge in [-0.2, -0.15) is 0 Å². The quantitative estimate of drug-likeness (QED) is 0.559. The standard InChI is InChI=1S/C18H26N4O2S2/c1-14(15-8-6-5-7-9-15)12-20-18(19-2)21-13-16-10-11-17(25-16)26(23,24)22(3)4/h5-11,14H,12-13H2,1-4H3,(H2,19,20,21). The van der Waals surface area contributed by atoms with Crippen molar-refractivity contribution in [2.24, 2.45) is 4.99 Å². The van der Waals surface area contributed by atoms with Crippen molar-refractivity contribution in [3.63, 3.8) is 0 Å². The van der Waals surface area contributed by atoms with Crippen LogP contribution in [-0.4, -0.2) is 46.4 Å². The average Bonchev–Trinajstić information content (AvgIpc) is 3.12. The Morgan fingerprint density at radius 1 is 1.15 bits per heavy atom. The molecule has 0 spiro atoms. The van der Waals surface area contributed by atoms with E-state index in [1.807, 2.05) is 24.3 Å². The van der Waals surface area contributed by atoms with E-state index in [1.54, 1.807) is 13.1 Å². The molecule has 1 aromatic carbocycles. The van der Waals surface area contributed by atoms with Crippen LogP contribution in [0.15, 0.2) is 51.7 Å². The normalized spacial score (nSPS) is 13.7. The number of hydrogen-bond donors (Lipinski definition) is 2. The van der Waals surface area contributed by atoms with Gasteiger partial charge in [0.1, 0.15) is 4.21 Å². The van der Waals surface area contributed by atoms with Gasteiger partial charge in [-0.15, -0.1) is 11.3 Å². The maximum absolute atomic E-state index is 12.1. The third-order valence-electron chi connectivity index (χ3n) is 3.97. The van der Waals surface area contributed by atoms with Gasteiger partial charge in [0, 0.05) is 32.6 Å². The van der Waals surface area contributed by atoms with Crippen molar-refractivity contribution in [1.29, 1.82) is 0 Å². The lowest BCUT2D eigenvalue weighted by molar-refractivity contribution is 0.523. The fourth-order valence-corrected chi connectivity index (χ4v) is 4.78. The number of sulfonamides is 1. The topological polar surface area (TPSA) is 73.8 Å². The summed E-state index contributed by atoms with van der Waals surface area (Å²) >= 11 is 1.27. The van der Waals surface area contributed by atoms with Crippen LogP contribution in [0.4, 0.5) is 0 Å². The van der Waals surface area contributed by atoms with Crippen molar-refractivity contribution >= 4 is 27.3 Å². The summed E-state index contributed by atoms with van der Waals surface area (Å²) in [5.41, 5.74) is 1.27. The number of guanidine groups is 1. The van der Waals surface area contributed by atoms with Gasteiger partial charge in [-0.25, -0.2) is 12.7 Å². The minimum Gasteiger partial charge on any atom is -0.356 e. The first-order valence-corrected chi connectivity index (χ1v) is 10.6. The summed E-state index contributed by atoms with van der Waals surface area (Å²) in [4.78, 5) is 5.16. The zero-order valence-electron chi connectivity index (χ0n) is 15.6. The maximum Gasteiger partial charge on any atom is 0.252 e. The minimum absolute atomic E-state index is 0.347. The van der Waals surface area contributed by atoms with E-state index in [0.29, 0.717) is 22.6 Å². The number of aliphatic imine (C=N–C) groups is 1. The van der Waals surface area contributed by atoms with Gasteiger partial charge in [0.15, 0.2) is 5.96 Å². The first-order valence-electron chi connectivity index (χ1n) is 8.35. The molecule has 0 fully saturated rings. The highest BCUT2D eigenvalue weighted by Crippen LogP contribution is 2.23. The monoisotopic (exact) mass is 394 g/mol. The summed E-state index contributed by atoms with van der Waals surface area (Å²) in [6.07, 6.45) is 0. The molecular formula is C18H26N4O2S2. The molecule has 26 heavy (non-hydrogen) atoms. The van der Waals surface area contributed by atoms with Crippen molar-refractivity contribution in [2.75, 3.05) is 27.7 Å². The molecule has 2 aromatic rings. The fourth-order valence-electron chi connectivity index (χ4n) is 2.31. The van der Waals surface area contributed by atoms with Crippen LogP contribution in [0.2, 0.25) is 0 Å². The fraction of sp³-hybridized carbons (Fsp3) is 0.389. The molecule has 0 amide bonds. The molecule has 0 bridgehead atoms. The van der Waals surface area contributed by atoms with Gasteiger partial charge in [0.2, 0.25) is 0 Å². The van der Waals surface area contributed by atoms with E-state index in [1.165, 1.54) is 35.3 Å². The summed E-state index contributed by atoms with van der Waals surface area (Å²) < 4.78 is 25.8. The molecule has 1 unspecified atom stereocenters. The van der Waals surface area contributed by atoms with Crippen LogP contribution < -0.4 is 10.6 Å². The molecule has 0 aliphatic heterocycles. The molecule has 8 heteroatoms. The Labute approximate surface area is 160 Å². The van der Waals surface area contributed by atoms with Crippen molar-refractivity contribution in [1.82, 2.24) is 14.9 Å². The van der Waals surface area contributed by atoms with Crippen LogP contribution in [0.25, 0.3) is 0 Å². The van der Waals surface area contributed by atoms with Crippen molar-refractivity contribution in [3.05, 3.63) is 52.9 Å². The number of nitrogens with zero attached hydrogens (tertiary/aromatic N) is 2. The number of hydrogen-bond acceptors (Lipinski definition) is 4. The minimum atomic E-state index is -3.37. The van der Waals surface area contributed by atoms with Gasteiger partial charge in [0.05, 0.1) is 6.54 Å². The van der Waals surface area contributed by atoms with Crippen molar-refractivity contribution < 1.29 is 8.42 Å². The van der Waals surface area contributed by atoms with Crippen LogP contribution in [-0.2, 0) is 16.6 Å². The Bertz CT molecular complexity index is 830. The van der Waals surface area contributed by atoms with E-state index in [9.17, 15) is 8.42 Å². The molecule has 6 nitrogen and oxygen atoms in total. The SMILES string of the molecule is CN=C(NCc1ccc(S(=O)(=O)N(C)C)s1)NCC(C)c1ccccc1. The molecule has 0 aliphatic carbocycles. The van der Waals surface area contributed by atoms with E-state index < -0.39 is 10.0 Å². The van der Waals surface area contributed by atoms with E-state index in [-0.39, 0.29) is 0 Å². The first-order chi connectivity index (χ1) is 12.3. The summed E-state index contributed by atoms with van der Waals surface area (Å²) in [6.45, 7) is 3.44. The van der Waals surface area contributed by atoms with E-state index in [4.69, 9.17) is 0 Å². The molecule has 0 radical (unpaired) electrons. The average molecular weight is 395 g/mol. The van der Waals surface area contributed by atoms with E-state index in [0.717, 1.165) is 11.4 Å². The molecule has 2 N–H and O–H groups in total. The Morgan fingerprint density at radius 2 is 1.85 bits per heavy atom. The van der Waals surface area contributed by atoms with Gasteiger partial charge >= 0.3 is 0 Å².